The third-order valence-corrected chi connectivity index (χ3v) is 5.87. The molecule has 1 fully saturated rings. The van der Waals surface area contributed by atoms with E-state index in [1.807, 2.05) is 55.5 Å². The second-order valence-electron chi connectivity index (χ2n) is 8.14. The van der Waals surface area contributed by atoms with Crippen LogP contribution in [0.3, 0.4) is 0 Å². The maximum absolute atomic E-state index is 9.77. The van der Waals surface area contributed by atoms with Gasteiger partial charge in [0.2, 0.25) is 5.95 Å². The van der Waals surface area contributed by atoms with Crippen molar-refractivity contribution in [1.82, 2.24) is 30.2 Å². The van der Waals surface area contributed by atoms with Gasteiger partial charge in [-0.1, -0.05) is 6.07 Å². The van der Waals surface area contributed by atoms with E-state index in [2.05, 4.69) is 41.8 Å². The first-order valence-corrected chi connectivity index (χ1v) is 11.0. The number of tetrazole rings is 1. The summed E-state index contributed by atoms with van der Waals surface area (Å²) in [6, 6.07) is 17.6. The average Bonchev–Trinajstić information content (AvgIpc) is 3.30. The molecular formula is C24H23N9O. The minimum atomic E-state index is -0.257. The van der Waals surface area contributed by atoms with Gasteiger partial charge in [-0.15, -0.1) is 5.10 Å². The molecule has 5 rings (SSSR count). The van der Waals surface area contributed by atoms with Gasteiger partial charge in [-0.2, -0.15) is 9.94 Å². The highest BCUT2D eigenvalue weighted by Gasteiger charge is 2.20. The largest absolute Gasteiger partial charge is 0.393 e. The Morgan fingerprint density at radius 3 is 2.59 bits per heavy atom. The van der Waals surface area contributed by atoms with Gasteiger partial charge in [0, 0.05) is 30.5 Å². The van der Waals surface area contributed by atoms with Crippen molar-refractivity contribution in [2.45, 2.75) is 25.9 Å². The van der Waals surface area contributed by atoms with Crippen molar-refractivity contribution in [3.63, 3.8) is 0 Å². The summed E-state index contributed by atoms with van der Waals surface area (Å²) < 4.78 is 1.66. The van der Waals surface area contributed by atoms with Crippen molar-refractivity contribution in [3.8, 4) is 23.0 Å². The zero-order valence-electron chi connectivity index (χ0n) is 18.6. The summed E-state index contributed by atoms with van der Waals surface area (Å²) in [5.74, 6) is 1.16. The number of rotatable bonds is 5. The van der Waals surface area contributed by atoms with Gasteiger partial charge in [0.05, 0.1) is 28.7 Å². The normalized spacial score (nSPS) is 14.1. The van der Waals surface area contributed by atoms with Crippen LogP contribution in [-0.2, 0) is 0 Å². The van der Waals surface area contributed by atoms with Crippen LogP contribution in [0.5, 0.6) is 0 Å². The fraction of sp³-hybridized carbons (Fsp3) is 0.250. The molecule has 1 aliphatic rings. The summed E-state index contributed by atoms with van der Waals surface area (Å²) in [6.45, 7) is 3.32. The van der Waals surface area contributed by atoms with E-state index in [0.29, 0.717) is 30.2 Å². The number of benzene rings is 2. The molecule has 4 aromatic rings. The predicted molar refractivity (Wildman–Crippen MR) is 127 cm³/mol. The molecule has 0 amide bonds. The van der Waals surface area contributed by atoms with Gasteiger partial charge in [-0.05, 0) is 72.7 Å². The fourth-order valence-corrected chi connectivity index (χ4v) is 4.03. The Balaban J connectivity index is 1.35. The van der Waals surface area contributed by atoms with Crippen molar-refractivity contribution in [2.75, 3.05) is 23.3 Å². The van der Waals surface area contributed by atoms with Gasteiger partial charge in [0.1, 0.15) is 6.07 Å². The molecule has 10 nitrogen and oxygen atoms in total. The van der Waals surface area contributed by atoms with E-state index in [4.69, 9.17) is 0 Å². The summed E-state index contributed by atoms with van der Waals surface area (Å²) in [6.07, 6.45) is 2.86. The number of hydrogen-bond donors (Lipinski definition) is 2. The van der Waals surface area contributed by atoms with E-state index in [9.17, 15) is 10.4 Å². The number of nitrogens with zero attached hydrogens (tertiary/aromatic N) is 8. The molecule has 2 N–H and O–H groups in total. The lowest BCUT2D eigenvalue weighted by Gasteiger charge is -2.32. The smallest absolute Gasteiger partial charge is 0.227 e. The topological polar surface area (TPSA) is 129 Å². The van der Waals surface area contributed by atoms with Crippen LogP contribution >= 0.6 is 0 Å². The SMILES string of the molecule is Cc1nnnn1-c1ccc(Nc2nccc(-c3ccc(N4CCC(O)CC4)c(C#N)c3)n2)cc1. The molecule has 10 heteroatoms. The summed E-state index contributed by atoms with van der Waals surface area (Å²) in [4.78, 5) is 11.1. The van der Waals surface area contributed by atoms with Crippen LogP contribution in [-0.4, -0.2) is 54.5 Å². The van der Waals surface area contributed by atoms with Crippen molar-refractivity contribution in [1.29, 1.82) is 5.26 Å². The molecule has 1 aliphatic heterocycles. The van der Waals surface area contributed by atoms with E-state index in [1.54, 1.807) is 10.9 Å². The number of nitrogens with one attached hydrogen (secondary N) is 1. The van der Waals surface area contributed by atoms with Gasteiger partial charge in [0.15, 0.2) is 5.82 Å². The Labute approximate surface area is 196 Å². The summed E-state index contributed by atoms with van der Waals surface area (Å²) in [7, 11) is 0. The highest BCUT2D eigenvalue weighted by molar-refractivity contribution is 5.70. The number of hydrogen-bond acceptors (Lipinski definition) is 9. The van der Waals surface area contributed by atoms with Crippen LogP contribution in [0.2, 0.25) is 0 Å². The van der Waals surface area contributed by atoms with E-state index < -0.39 is 0 Å². The first-order chi connectivity index (χ1) is 16.6. The van der Waals surface area contributed by atoms with Gasteiger partial charge in [-0.25, -0.2) is 9.97 Å². The third kappa shape index (κ3) is 4.42. The van der Waals surface area contributed by atoms with E-state index >= 15 is 0 Å². The number of nitriles is 1. The van der Waals surface area contributed by atoms with Crippen molar-refractivity contribution < 1.29 is 5.11 Å². The Kier molecular flexibility index (Phi) is 5.84. The van der Waals surface area contributed by atoms with E-state index in [0.717, 1.165) is 41.4 Å². The summed E-state index contributed by atoms with van der Waals surface area (Å²) in [5.41, 5.74) is 4.73. The molecule has 0 radical (unpaired) electrons. The van der Waals surface area contributed by atoms with Crippen LogP contribution in [0.15, 0.2) is 54.7 Å². The molecule has 2 aromatic heterocycles. The van der Waals surface area contributed by atoms with Crippen molar-refractivity contribution >= 4 is 17.3 Å². The van der Waals surface area contributed by atoms with Crippen LogP contribution < -0.4 is 10.2 Å². The van der Waals surface area contributed by atoms with Crippen LogP contribution in [0, 0.1) is 18.3 Å². The molecule has 170 valence electrons. The molecule has 1 saturated heterocycles. The zero-order chi connectivity index (χ0) is 23.5. The van der Waals surface area contributed by atoms with Crippen molar-refractivity contribution in [2.24, 2.45) is 0 Å². The molecule has 0 spiro atoms. The van der Waals surface area contributed by atoms with Crippen LogP contribution in [0.4, 0.5) is 17.3 Å². The number of aryl methyl sites for hydroxylation is 1. The quantitative estimate of drug-likeness (QED) is 0.468. The molecule has 3 heterocycles. The van der Waals surface area contributed by atoms with E-state index in [-0.39, 0.29) is 6.10 Å². The van der Waals surface area contributed by atoms with Crippen LogP contribution in [0.25, 0.3) is 16.9 Å². The van der Waals surface area contributed by atoms with Gasteiger partial charge >= 0.3 is 0 Å². The Bertz CT molecular complexity index is 1340. The van der Waals surface area contributed by atoms with Crippen molar-refractivity contribution in [3.05, 3.63) is 66.1 Å². The lowest BCUT2D eigenvalue weighted by molar-refractivity contribution is 0.145. The van der Waals surface area contributed by atoms with Gasteiger partial charge in [-0.3, -0.25) is 0 Å². The zero-order valence-corrected chi connectivity index (χ0v) is 18.6. The number of piperidine rings is 1. The Hall–Kier alpha value is -4.36. The second kappa shape index (κ2) is 9.25. The lowest BCUT2D eigenvalue weighted by Crippen LogP contribution is -2.36. The standard InChI is InChI=1S/C24H23N9O/c1-16-29-30-31-33(16)20-5-3-19(4-6-20)27-24-26-11-8-22(28-24)17-2-7-23(18(14-17)15-25)32-12-9-21(34)10-13-32/h2-8,11,14,21,34H,9-10,12-13H2,1H3,(H,26,27,28). The summed E-state index contributed by atoms with van der Waals surface area (Å²) >= 11 is 0. The molecule has 34 heavy (non-hydrogen) atoms. The lowest BCUT2D eigenvalue weighted by atomic mass is 10.0. The summed E-state index contributed by atoms with van der Waals surface area (Å²) in [5, 5.41) is 34.3. The molecule has 0 bridgehead atoms. The first-order valence-electron chi connectivity index (χ1n) is 11.0. The minimum absolute atomic E-state index is 0.257. The molecule has 0 aliphatic carbocycles. The first kappa shape index (κ1) is 21.5. The number of aromatic nitrogens is 6. The Morgan fingerprint density at radius 2 is 1.88 bits per heavy atom. The molecular weight excluding hydrogens is 430 g/mol. The molecule has 0 unspecified atom stereocenters. The highest BCUT2D eigenvalue weighted by atomic mass is 16.3. The van der Waals surface area contributed by atoms with Gasteiger partial charge in [0.25, 0.3) is 0 Å². The predicted octanol–water partition coefficient (Wildman–Crippen LogP) is 3.00. The number of aliphatic hydroxyl groups is 1. The molecule has 0 saturated carbocycles. The maximum Gasteiger partial charge on any atom is 0.227 e. The maximum atomic E-state index is 9.77. The van der Waals surface area contributed by atoms with Gasteiger partial charge < -0.3 is 15.3 Å². The third-order valence-electron chi connectivity index (χ3n) is 5.87. The van der Waals surface area contributed by atoms with E-state index in [1.165, 1.54) is 0 Å². The monoisotopic (exact) mass is 453 g/mol. The second-order valence-corrected chi connectivity index (χ2v) is 8.14. The number of anilines is 3. The number of aliphatic hydroxyl groups excluding tert-OH is 1. The molecule has 0 atom stereocenters. The average molecular weight is 454 g/mol. The molecule has 2 aromatic carbocycles. The fourth-order valence-electron chi connectivity index (χ4n) is 4.03. The highest BCUT2D eigenvalue weighted by Crippen LogP contribution is 2.29. The Morgan fingerprint density at radius 1 is 1.09 bits per heavy atom. The van der Waals surface area contributed by atoms with Crippen LogP contribution in [0.1, 0.15) is 24.2 Å². The minimum Gasteiger partial charge on any atom is -0.393 e.